The lowest BCUT2D eigenvalue weighted by molar-refractivity contribution is -0.0621. The summed E-state index contributed by atoms with van der Waals surface area (Å²) >= 11 is 0. The molecule has 1 aliphatic heterocycles. The molecule has 1 fully saturated rings. The molecule has 1 saturated heterocycles. The minimum absolute atomic E-state index is 0.136. The highest BCUT2D eigenvalue weighted by Gasteiger charge is 2.29. The second-order valence-electron chi connectivity index (χ2n) is 4.16. The Bertz CT molecular complexity index is 204. The number of ether oxygens (including phenoxy) is 2. The van der Waals surface area contributed by atoms with E-state index in [2.05, 4.69) is 5.32 Å². The Morgan fingerprint density at radius 2 is 2.36 bits per heavy atom. The molecule has 1 amide bonds. The van der Waals surface area contributed by atoms with E-state index >= 15 is 0 Å². The van der Waals surface area contributed by atoms with E-state index in [4.69, 9.17) is 9.47 Å². The number of alkyl carbamates (subject to hydrolysis) is 1. The molecular weight excluding hydrogens is 182 g/mol. The van der Waals surface area contributed by atoms with E-state index in [1.165, 1.54) is 0 Å². The predicted octanol–water partition coefficient (Wildman–Crippen LogP) is 1.69. The van der Waals surface area contributed by atoms with E-state index in [1.54, 1.807) is 6.92 Å². The Morgan fingerprint density at radius 1 is 1.64 bits per heavy atom. The summed E-state index contributed by atoms with van der Waals surface area (Å²) in [6.45, 7) is 6.98. The second kappa shape index (κ2) is 4.64. The molecular formula is C10H19NO3. The molecule has 0 aromatic carbocycles. The van der Waals surface area contributed by atoms with Crippen molar-refractivity contribution in [2.75, 3.05) is 13.2 Å². The first-order valence-corrected chi connectivity index (χ1v) is 5.11. The first-order chi connectivity index (χ1) is 6.53. The van der Waals surface area contributed by atoms with Gasteiger partial charge < -0.3 is 14.8 Å². The molecule has 4 nitrogen and oxygen atoms in total. The molecule has 1 heterocycles. The highest BCUT2D eigenvalue weighted by Crippen LogP contribution is 2.23. The van der Waals surface area contributed by atoms with Crippen LogP contribution < -0.4 is 5.32 Å². The summed E-state index contributed by atoms with van der Waals surface area (Å²) in [6, 6.07) is 0.179. The number of amides is 1. The minimum Gasteiger partial charge on any atom is -0.450 e. The number of hydrogen-bond acceptors (Lipinski definition) is 3. The van der Waals surface area contributed by atoms with Gasteiger partial charge in [-0.15, -0.1) is 0 Å². The van der Waals surface area contributed by atoms with Crippen LogP contribution in [0, 0.1) is 0 Å². The van der Waals surface area contributed by atoms with Crippen molar-refractivity contribution in [2.45, 2.75) is 45.3 Å². The zero-order valence-corrected chi connectivity index (χ0v) is 9.13. The van der Waals surface area contributed by atoms with Gasteiger partial charge in [0.15, 0.2) is 0 Å². The summed E-state index contributed by atoms with van der Waals surface area (Å²) in [4.78, 5) is 11.1. The highest BCUT2D eigenvalue weighted by molar-refractivity contribution is 5.67. The Balaban J connectivity index is 2.34. The van der Waals surface area contributed by atoms with Gasteiger partial charge in [-0.25, -0.2) is 4.79 Å². The van der Waals surface area contributed by atoms with Crippen LogP contribution in [0.15, 0.2) is 0 Å². The van der Waals surface area contributed by atoms with Crippen LogP contribution >= 0.6 is 0 Å². The first kappa shape index (κ1) is 11.3. The second-order valence-corrected chi connectivity index (χ2v) is 4.16. The molecule has 1 unspecified atom stereocenters. The van der Waals surface area contributed by atoms with Gasteiger partial charge in [-0.05, 0) is 33.6 Å². The number of rotatable bonds is 2. The van der Waals surface area contributed by atoms with Gasteiger partial charge in [-0.1, -0.05) is 0 Å². The Labute approximate surface area is 85.0 Å². The van der Waals surface area contributed by atoms with Crippen molar-refractivity contribution in [3.05, 3.63) is 0 Å². The van der Waals surface area contributed by atoms with E-state index in [-0.39, 0.29) is 17.7 Å². The summed E-state index contributed by atoms with van der Waals surface area (Å²) in [7, 11) is 0. The summed E-state index contributed by atoms with van der Waals surface area (Å²) in [5.74, 6) is 0. The van der Waals surface area contributed by atoms with E-state index in [0.717, 1.165) is 12.8 Å². The van der Waals surface area contributed by atoms with Crippen molar-refractivity contribution >= 4 is 6.09 Å². The van der Waals surface area contributed by atoms with Gasteiger partial charge in [0, 0.05) is 12.6 Å². The summed E-state index contributed by atoms with van der Waals surface area (Å²) in [6.07, 6.45) is 1.38. The fraction of sp³-hybridized carbons (Fsp3) is 0.900. The standard InChI is InChI=1S/C10H19NO3/c1-4-13-9(12)11-8-5-6-14-10(2,3)7-8/h8H,4-7H2,1-3H3,(H,11,12). The van der Waals surface area contributed by atoms with Gasteiger partial charge in [0.1, 0.15) is 0 Å². The van der Waals surface area contributed by atoms with Gasteiger partial charge in [0.05, 0.1) is 12.2 Å². The van der Waals surface area contributed by atoms with Gasteiger partial charge in [0.25, 0.3) is 0 Å². The van der Waals surface area contributed by atoms with Crippen LogP contribution in [-0.4, -0.2) is 30.9 Å². The Morgan fingerprint density at radius 3 is 2.93 bits per heavy atom. The first-order valence-electron chi connectivity index (χ1n) is 5.11. The van der Waals surface area contributed by atoms with E-state index in [0.29, 0.717) is 13.2 Å². The normalized spacial score (nSPS) is 25.5. The van der Waals surface area contributed by atoms with E-state index in [1.807, 2.05) is 13.8 Å². The van der Waals surface area contributed by atoms with E-state index in [9.17, 15) is 4.79 Å². The van der Waals surface area contributed by atoms with Crippen LogP contribution in [0.25, 0.3) is 0 Å². The SMILES string of the molecule is CCOC(=O)NC1CCOC(C)(C)C1. The molecule has 0 saturated carbocycles. The van der Waals surface area contributed by atoms with Gasteiger partial charge >= 0.3 is 6.09 Å². The molecule has 1 atom stereocenters. The minimum atomic E-state index is -0.324. The molecule has 1 N–H and O–H groups in total. The molecule has 4 heteroatoms. The van der Waals surface area contributed by atoms with Crippen molar-refractivity contribution in [3.8, 4) is 0 Å². The van der Waals surface area contributed by atoms with Crippen LogP contribution in [0.4, 0.5) is 4.79 Å². The third kappa shape index (κ3) is 3.54. The number of hydrogen-bond donors (Lipinski definition) is 1. The zero-order chi connectivity index (χ0) is 10.6. The number of carbonyl (C=O) groups is 1. The number of nitrogens with one attached hydrogen (secondary N) is 1. The Kier molecular flexibility index (Phi) is 3.75. The zero-order valence-electron chi connectivity index (χ0n) is 9.13. The topological polar surface area (TPSA) is 47.6 Å². The summed E-state index contributed by atoms with van der Waals surface area (Å²) in [5, 5.41) is 2.83. The van der Waals surface area contributed by atoms with Crippen molar-refractivity contribution < 1.29 is 14.3 Å². The molecule has 0 spiro atoms. The smallest absolute Gasteiger partial charge is 0.407 e. The lowest BCUT2D eigenvalue weighted by Crippen LogP contribution is -2.45. The molecule has 0 aromatic heterocycles. The van der Waals surface area contributed by atoms with Crippen molar-refractivity contribution in [2.24, 2.45) is 0 Å². The van der Waals surface area contributed by atoms with Crippen molar-refractivity contribution in [1.29, 1.82) is 0 Å². The number of carbonyl (C=O) groups excluding carboxylic acids is 1. The fourth-order valence-corrected chi connectivity index (χ4v) is 1.69. The highest BCUT2D eigenvalue weighted by atomic mass is 16.5. The fourth-order valence-electron chi connectivity index (χ4n) is 1.69. The van der Waals surface area contributed by atoms with Crippen LogP contribution in [0.2, 0.25) is 0 Å². The summed E-state index contributed by atoms with van der Waals surface area (Å²) in [5.41, 5.74) is -0.136. The molecule has 14 heavy (non-hydrogen) atoms. The largest absolute Gasteiger partial charge is 0.450 e. The lowest BCUT2D eigenvalue weighted by atomic mass is 9.94. The maximum absolute atomic E-state index is 11.1. The third-order valence-electron chi connectivity index (χ3n) is 2.29. The third-order valence-corrected chi connectivity index (χ3v) is 2.29. The van der Waals surface area contributed by atoms with Gasteiger partial charge in [0.2, 0.25) is 0 Å². The summed E-state index contributed by atoms with van der Waals surface area (Å²) < 4.78 is 10.4. The van der Waals surface area contributed by atoms with Crippen molar-refractivity contribution in [1.82, 2.24) is 5.32 Å². The molecule has 1 aliphatic rings. The van der Waals surface area contributed by atoms with Crippen LogP contribution in [0.5, 0.6) is 0 Å². The quantitative estimate of drug-likeness (QED) is 0.739. The predicted molar refractivity (Wildman–Crippen MR) is 53.2 cm³/mol. The molecule has 0 radical (unpaired) electrons. The van der Waals surface area contributed by atoms with Gasteiger partial charge in [-0.3, -0.25) is 0 Å². The van der Waals surface area contributed by atoms with E-state index < -0.39 is 0 Å². The van der Waals surface area contributed by atoms with Crippen LogP contribution in [-0.2, 0) is 9.47 Å². The van der Waals surface area contributed by atoms with Crippen LogP contribution in [0.3, 0.4) is 0 Å². The average molecular weight is 201 g/mol. The maximum Gasteiger partial charge on any atom is 0.407 e. The van der Waals surface area contributed by atoms with Crippen molar-refractivity contribution in [3.63, 3.8) is 0 Å². The monoisotopic (exact) mass is 201 g/mol. The molecule has 0 aliphatic carbocycles. The molecule has 82 valence electrons. The maximum atomic E-state index is 11.1. The molecule has 0 bridgehead atoms. The van der Waals surface area contributed by atoms with Crippen LogP contribution in [0.1, 0.15) is 33.6 Å². The molecule has 1 rings (SSSR count). The lowest BCUT2D eigenvalue weighted by Gasteiger charge is -2.35. The van der Waals surface area contributed by atoms with Gasteiger partial charge in [-0.2, -0.15) is 0 Å². The average Bonchev–Trinajstić information content (AvgIpc) is 2.02. The molecule has 0 aromatic rings. The Hall–Kier alpha value is -0.770.